The summed E-state index contributed by atoms with van der Waals surface area (Å²) >= 11 is 0. The molecule has 2 aromatic rings. The van der Waals surface area contributed by atoms with Crippen LogP contribution >= 0.6 is 0 Å². The Hall–Kier alpha value is -3.09. The molecule has 0 unspecified atom stereocenters. The zero-order valence-electron chi connectivity index (χ0n) is 14.3. The van der Waals surface area contributed by atoms with Gasteiger partial charge in [-0.1, -0.05) is 6.07 Å². The first-order valence-electron chi connectivity index (χ1n) is 8.24. The van der Waals surface area contributed by atoms with E-state index in [1.807, 2.05) is 0 Å². The average molecular weight is 358 g/mol. The predicted molar refractivity (Wildman–Crippen MR) is 95.0 cm³/mol. The van der Waals surface area contributed by atoms with Gasteiger partial charge in [0.2, 0.25) is 0 Å². The van der Waals surface area contributed by atoms with E-state index in [9.17, 15) is 14.0 Å². The quantitative estimate of drug-likeness (QED) is 0.817. The number of carbonyl (C=O) groups excluding carboxylic acids is 2. The molecule has 1 aliphatic rings. The van der Waals surface area contributed by atoms with Crippen molar-refractivity contribution in [1.29, 1.82) is 0 Å². The number of nitrogens with one attached hydrogen (secondary N) is 2. The van der Waals surface area contributed by atoms with Crippen LogP contribution in [-0.4, -0.2) is 25.7 Å². The van der Waals surface area contributed by atoms with E-state index in [1.54, 1.807) is 18.2 Å². The summed E-state index contributed by atoms with van der Waals surface area (Å²) in [6, 6.07) is 10.3. The number of methoxy groups -OCH3 is 1. The number of hydrogen-bond donors (Lipinski definition) is 2. The average Bonchev–Trinajstić information content (AvgIpc) is 3.45. The van der Waals surface area contributed by atoms with E-state index >= 15 is 0 Å². The topological polar surface area (TPSA) is 76.7 Å². The van der Waals surface area contributed by atoms with Crippen molar-refractivity contribution in [2.45, 2.75) is 12.8 Å². The molecule has 3 rings (SSSR count). The summed E-state index contributed by atoms with van der Waals surface area (Å²) in [6.45, 7) is 0.549. The fourth-order valence-electron chi connectivity index (χ4n) is 2.32. The second-order valence-corrected chi connectivity index (χ2v) is 6.05. The second-order valence-electron chi connectivity index (χ2n) is 6.05. The normalized spacial score (nSPS) is 13.0. The summed E-state index contributed by atoms with van der Waals surface area (Å²) < 4.78 is 23.8. The predicted octanol–water partition coefficient (Wildman–Crippen LogP) is 4.05. The molecule has 0 aromatic heterocycles. The number of anilines is 2. The molecule has 1 aliphatic carbocycles. The van der Waals surface area contributed by atoms with Gasteiger partial charge in [0.1, 0.15) is 11.6 Å². The molecular formula is C19H19FN2O4. The molecule has 0 spiro atoms. The van der Waals surface area contributed by atoms with Crippen LogP contribution in [0, 0.1) is 11.7 Å². The van der Waals surface area contributed by atoms with Gasteiger partial charge in [0.15, 0.2) is 0 Å². The van der Waals surface area contributed by atoms with Crippen LogP contribution < -0.4 is 15.4 Å². The molecule has 2 aromatic carbocycles. The Morgan fingerprint density at radius 1 is 1.15 bits per heavy atom. The van der Waals surface area contributed by atoms with Crippen molar-refractivity contribution in [3.63, 3.8) is 0 Å². The minimum Gasteiger partial charge on any atom is -0.491 e. The molecule has 0 bridgehead atoms. The molecule has 2 N–H and O–H groups in total. The molecule has 0 heterocycles. The lowest BCUT2D eigenvalue weighted by Crippen LogP contribution is -2.15. The van der Waals surface area contributed by atoms with Gasteiger partial charge in [0.25, 0.3) is 5.91 Å². The first-order valence-corrected chi connectivity index (χ1v) is 8.24. The van der Waals surface area contributed by atoms with Crippen molar-refractivity contribution >= 4 is 23.4 Å². The maximum Gasteiger partial charge on any atom is 0.411 e. The molecule has 26 heavy (non-hydrogen) atoms. The van der Waals surface area contributed by atoms with Gasteiger partial charge in [-0.05, 0) is 49.1 Å². The zero-order chi connectivity index (χ0) is 18.5. The minimum absolute atomic E-state index is 0.266. The Morgan fingerprint density at radius 3 is 2.69 bits per heavy atom. The molecule has 0 saturated heterocycles. The molecular weight excluding hydrogens is 339 g/mol. The van der Waals surface area contributed by atoms with Crippen LogP contribution in [0.4, 0.5) is 20.6 Å². The minimum atomic E-state index is -0.636. The van der Waals surface area contributed by atoms with E-state index in [-0.39, 0.29) is 5.69 Å². The molecule has 0 radical (unpaired) electrons. The highest BCUT2D eigenvalue weighted by atomic mass is 19.1. The van der Waals surface area contributed by atoms with Crippen LogP contribution in [0.25, 0.3) is 0 Å². The Balaban J connectivity index is 1.73. The van der Waals surface area contributed by atoms with Gasteiger partial charge >= 0.3 is 6.09 Å². The van der Waals surface area contributed by atoms with Crippen LogP contribution in [0.1, 0.15) is 23.2 Å². The van der Waals surface area contributed by atoms with Gasteiger partial charge < -0.3 is 14.8 Å². The van der Waals surface area contributed by atoms with Crippen molar-refractivity contribution in [3.8, 4) is 5.75 Å². The van der Waals surface area contributed by atoms with Crippen LogP contribution in [-0.2, 0) is 4.74 Å². The Labute approximate surface area is 150 Å². The Bertz CT molecular complexity index is 821. The number of rotatable bonds is 6. The van der Waals surface area contributed by atoms with Crippen molar-refractivity contribution in [1.82, 2.24) is 0 Å². The molecule has 136 valence electrons. The molecule has 1 fully saturated rings. The Kier molecular flexibility index (Phi) is 5.36. The van der Waals surface area contributed by atoms with Crippen LogP contribution in [0.5, 0.6) is 5.75 Å². The summed E-state index contributed by atoms with van der Waals surface area (Å²) in [5.41, 5.74) is 0.979. The number of hydrogen-bond acceptors (Lipinski definition) is 4. The largest absolute Gasteiger partial charge is 0.491 e. The summed E-state index contributed by atoms with van der Waals surface area (Å²) in [7, 11) is 1.25. The van der Waals surface area contributed by atoms with E-state index in [2.05, 4.69) is 15.4 Å². The lowest BCUT2D eigenvalue weighted by molar-refractivity contribution is 0.102. The van der Waals surface area contributed by atoms with Crippen LogP contribution in [0.15, 0.2) is 42.5 Å². The molecule has 6 nitrogen and oxygen atoms in total. The molecule has 7 heteroatoms. The number of benzene rings is 2. The first kappa shape index (κ1) is 17.7. The number of ether oxygens (including phenoxy) is 2. The molecule has 0 atom stereocenters. The van der Waals surface area contributed by atoms with Gasteiger partial charge in [-0.2, -0.15) is 0 Å². The van der Waals surface area contributed by atoms with Crippen molar-refractivity contribution in [2.75, 3.05) is 24.4 Å². The molecule has 0 aliphatic heterocycles. The first-order chi connectivity index (χ1) is 12.5. The monoisotopic (exact) mass is 358 g/mol. The lowest BCUT2D eigenvalue weighted by Gasteiger charge is -2.13. The Morgan fingerprint density at radius 2 is 1.96 bits per heavy atom. The van der Waals surface area contributed by atoms with E-state index in [0.717, 1.165) is 12.8 Å². The zero-order valence-corrected chi connectivity index (χ0v) is 14.3. The third-order valence-corrected chi connectivity index (χ3v) is 3.92. The van der Waals surface area contributed by atoms with Crippen LogP contribution in [0.2, 0.25) is 0 Å². The smallest absolute Gasteiger partial charge is 0.411 e. The molecule has 1 saturated carbocycles. The standard InChI is InChI=1S/C19H19FN2O4/c1-25-19(24)21-15-4-2-3-13(9-15)18(23)22-16-10-14(20)7-8-17(16)26-11-12-5-6-12/h2-4,7-10,12H,5-6,11H2,1H3,(H,21,24)(H,22,23). The van der Waals surface area contributed by atoms with E-state index in [1.165, 1.54) is 31.4 Å². The van der Waals surface area contributed by atoms with E-state index in [0.29, 0.717) is 29.5 Å². The highest BCUT2D eigenvalue weighted by Gasteiger charge is 2.22. The lowest BCUT2D eigenvalue weighted by atomic mass is 10.1. The van der Waals surface area contributed by atoms with Crippen molar-refractivity contribution in [3.05, 3.63) is 53.8 Å². The van der Waals surface area contributed by atoms with Gasteiger partial charge in [0.05, 0.1) is 19.4 Å². The third-order valence-electron chi connectivity index (χ3n) is 3.92. The highest BCUT2D eigenvalue weighted by Crippen LogP contribution is 2.32. The molecule has 2 amide bonds. The van der Waals surface area contributed by atoms with Gasteiger partial charge in [0, 0.05) is 17.3 Å². The van der Waals surface area contributed by atoms with Crippen molar-refractivity contribution in [2.24, 2.45) is 5.92 Å². The number of carbonyl (C=O) groups is 2. The fourth-order valence-corrected chi connectivity index (χ4v) is 2.32. The van der Waals surface area contributed by atoms with E-state index in [4.69, 9.17) is 4.74 Å². The van der Waals surface area contributed by atoms with Gasteiger partial charge in [-0.25, -0.2) is 9.18 Å². The number of amides is 2. The highest BCUT2D eigenvalue weighted by molar-refractivity contribution is 6.05. The van der Waals surface area contributed by atoms with Gasteiger partial charge in [-0.3, -0.25) is 10.1 Å². The van der Waals surface area contributed by atoms with E-state index < -0.39 is 17.8 Å². The van der Waals surface area contributed by atoms with Crippen molar-refractivity contribution < 1.29 is 23.5 Å². The van der Waals surface area contributed by atoms with Crippen LogP contribution in [0.3, 0.4) is 0 Å². The summed E-state index contributed by atoms with van der Waals surface area (Å²) in [5.74, 6) is 0.0424. The fraction of sp³-hybridized carbons (Fsp3) is 0.263. The third kappa shape index (κ3) is 4.72. The SMILES string of the molecule is COC(=O)Nc1cccc(C(=O)Nc2cc(F)ccc2OCC2CC2)c1. The maximum atomic E-state index is 13.6. The number of halogens is 1. The summed E-state index contributed by atoms with van der Waals surface area (Å²) in [6.07, 6.45) is 1.62. The second kappa shape index (κ2) is 7.86. The maximum absolute atomic E-state index is 13.6. The summed E-state index contributed by atoms with van der Waals surface area (Å²) in [5, 5.41) is 5.14. The summed E-state index contributed by atoms with van der Waals surface area (Å²) in [4.78, 5) is 23.8. The van der Waals surface area contributed by atoms with Gasteiger partial charge in [-0.15, -0.1) is 0 Å².